The van der Waals surface area contributed by atoms with Crippen molar-refractivity contribution in [1.29, 1.82) is 0 Å². The summed E-state index contributed by atoms with van der Waals surface area (Å²) in [5.74, 6) is -0.322. The van der Waals surface area contributed by atoms with Crippen molar-refractivity contribution in [3.05, 3.63) is 58.8 Å². The van der Waals surface area contributed by atoms with Gasteiger partial charge in [-0.15, -0.1) is 10.2 Å². The lowest BCUT2D eigenvalue weighted by Gasteiger charge is -2.41. The summed E-state index contributed by atoms with van der Waals surface area (Å²) in [7, 11) is 0. The van der Waals surface area contributed by atoms with E-state index in [0.717, 1.165) is 48.8 Å². The molecule has 4 heterocycles. The Kier molecular flexibility index (Phi) is 5.70. The minimum atomic E-state index is -0.983. The van der Waals surface area contributed by atoms with Gasteiger partial charge in [0.15, 0.2) is 12.6 Å². The molecule has 2 saturated heterocycles. The van der Waals surface area contributed by atoms with E-state index in [9.17, 15) is 14.3 Å². The van der Waals surface area contributed by atoms with Crippen LogP contribution in [-0.2, 0) is 6.80 Å². The number of nitrogens with zero attached hydrogens (tertiary/aromatic N) is 4. The van der Waals surface area contributed by atoms with Gasteiger partial charge >= 0.3 is 0 Å². The van der Waals surface area contributed by atoms with Gasteiger partial charge < -0.3 is 15.3 Å². The zero-order chi connectivity index (χ0) is 25.0. The van der Waals surface area contributed by atoms with Crippen molar-refractivity contribution in [1.82, 2.24) is 20.1 Å². The van der Waals surface area contributed by atoms with Gasteiger partial charge in [-0.3, -0.25) is 9.36 Å². The molecule has 3 fully saturated rings. The van der Waals surface area contributed by atoms with Gasteiger partial charge in [0.2, 0.25) is 0 Å². The molecule has 2 N–H and O–H groups in total. The highest BCUT2D eigenvalue weighted by atomic mass is 19.1. The van der Waals surface area contributed by atoms with E-state index in [4.69, 9.17) is 0 Å². The van der Waals surface area contributed by atoms with Crippen molar-refractivity contribution in [2.45, 2.75) is 69.2 Å². The van der Waals surface area contributed by atoms with E-state index in [0.29, 0.717) is 11.9 Å². The first-order valence-electron chi connectivity index (χ1n) is 12.2. The molecule has 0 spiro atoms. The van der Waals surface area contributed by atoms with E-state index in [1.54, 1.807) is 12.1 Å². The Morgan fingerprint density at radius 3 is 2.61 bits per heavy atom. The fourth-order valence-electron chi connectivity index (χ4n) is 5.59. The van der Waals surface area contributed by atoms with Crippen LogP contribution < -0.4 is 15.8 Å². The van der Waals surface area contributed by atoms with Crippen molar-refractivity contribution in [3.8, 4) is 28.1 Å². The summed E-state index contributed by atoms with van der Waals surface area (Å²) in [6, 6.07) is 8.45. The predicted molar refractivity (Wildman–Crippen MR) is 129 cm³/mol. The summed E-state index contributed by atoms with van der Waals surface area (Å²) in [4.78, 5) is 14.0. The molecule has 2 unspecified atom stereocenters. The number of halogens is 3. The maximum absolute atomic E-state index is 15.3. The molecule has 0 amide bonds. The van der Waals surface area contributed by atoms with E-state index in [2.05, 4.69) is 20.4 Å². The van der Waals surface area contributed by atoms with E-state index in [-0.39, 0.29) is 46.3 Å². The first-order chi connectivity index (χ1) is 17.4. The van der Waals surface area contributed by atoms with E-state index in [1.807, 2.05) is 0 Å². The predicted octanol–water partition coefficient (Wildman–Crippen LogP) is 3.94. The van der Waals surface area contributed by atoms with Gasteiger partial charge in [-0.05, 0) is 68.0 Å². The molecule has 36 heavy (non-hydrogen) atoms. The molecule has 0 radical (unpaired) electrons. The summed E-state index contributed by atoms with van der Waals surface area (Å²) in [5.41, 5.74) is 0.0404. The second kappa shape index (κ2) is 8.92. The van der Waals surface area contributed by atoms with Crippen molar-refractivity contribution in [2.24, 2.45) is 0 Å². The van der Waals surface area contributed by atoms with Crippen molar-refractivity contribution in [2.75, 3.05) is 4.90 Å². The van der Waals surface area contributed by atoms with Crippen molar-refractivity contribution < 1.29 is 18.3 Å². The molecular weight excluding hydrogens is 471 g/mol. The highest BCUT2D eigenvalue weighted by Gasteiger charge is 2.48. The van der Waals surface area contributed by atoms with Crippen molar-refractivity contribution >= 4 is 5.82 Å². The number of anilines is 1. The van der Waals surface area contributed by atoms with Crippen LogP contribution in [0.2, 0.25) is 0 Å². The Morgan fingerprint density at radius 2 is 1.92 bits per heavy atom. The Hall–Kier alpha value is -3.40. The molecule has 7 nitrogen and oxygen atoms in total. The Balaban J connectivity index is 1.28. The molecule has 3 aromatic rings. The number of benzene rings is 1. The molecule has 2 aromatic heterocycles. The minimum Gasteiger partial charge on any atom is -0.507 e. The third-order valence-electron chi connectivity index (χ3n) is 7.56. The standard InChI is InChI=1S/C26H26F3N5O2/c27-13-33-8-7-14(9-25(33)36)17-12-23(35)18(11-19(17)28)20-5-6-24(32-31-20)34(16-2-3-16)22-10-15-1-4-21(30-15)26(22)29/h5-9,11-12,15-16,21-22,26,30,35H,1-4,10,13H2/t15-,21+,22?,26?/m1/s1. The maximum atomic E-state index is 15.3. The van der Waals surface area contributed by atoms with Crippen LogP contribution >= 0.6 is 0 Å². The number of phenolic OH excluding ortho intramolecular Hbond substituents is 1. The zero-order valence-corrected chi connectivity index (χ0v) is 19.4. The number of rotatable bonds is 6. The normalized spacial score (nSPS) is 25.2. The molecule has 2 bridgehead atoms. The summed E-state index contributed by atoms with van der Waals surface area (Å²) in [6.45, 7) is -0.983. The third kappa shape index (κ3) is 4.03. The molecule has 188 valence electrons. The average Bonchev–Trinajstić information content (AvgIpc) is 3.63. The number of piperidine rings is 1. The first kappa shape index (κ1) is 23.0. The molecule has 6 rings (SSSR count). The first-order valence-corrected chi connectivity index (χ1v) is 12.2. The second-order valence-corrected chi connectivity index (χ2v) is 9.90. The van der Waals surface area contributed by atoms with Crippen LogP contribution in [0.25, 0.3) is 22.4 Å². The smallest absolute Gasteiger partial charge is 0.253 e. The van der Waals surface area contributed by atoms with Crippen LogP contribution in [0.3, 0.4) is 0 Å². The minimum absolute atomic E-state index is 0.0124. The largest absolute Gasteiger partial charge is 0.507 e. The number of aromatic nitrogens is 3. The third-order valence-corrected chi connectivity index (χ3v) is 7.56. The summed E-state index contributed by atoms with van der Waals surface area (Å²) in [6.07, 6.45) is 4.77. The van der Waals surface area contributed by atoms with Crippen LogP contribution in [0, 0.1) is 5.82 Å². The average molecular weight is 498 g/mol. The number of alkyl halides is 2. The van der Waals surface area contributed by atoms with Crippen LogP contribution in [0.5, 0.6) is 5.75 Å². The molecule has 2 aliphatic heterocycles. The number of hydrogen-bond acceptors (Lipinski definition) is 6. The van der Waals surface area contributed by atoms with Crippen LogP contribution in [0.1, 0.15) is 32.1 Å². The SMILES string of the molecule is O=c1cc(-c2cc(O)c(-c3ccc(N(C4CC4)C4C[C@H]5CC[C@H](N5)C4F)nn3)cc2F)ccn1CF. The Morgan fingerprint density at radius 1 is 1.08 bits per heavy atom. The summed E-state index contributed by atoms with van der Waals surface area (Å²) in [5, 5.41) is 22.6. The van der Waals surface area contributed by atoms with Gasteiger partial charge in [0.25, 0.3) is 5.56 Å². The highest BCUT2D eigenvalue weighted by Crippen LogP contribution is 2.40. The zero-order valence-electron chi connectivity index (χ0n) is 19.4. The Bertz CT molecular complexity index is 1340. The van der Waals surface area contributed by atoms with Gasteiger partial charge in [-0.25, -0.2) is 13.2 Å². The summed E-state index contributed by atoms with van der Waals surface area (Å²) < 4.78 is 43.9. The number of hydrogen-bond donors (Lipinski definition) is 2. The van der Waals surface area contributed by atoms with E-state index in [1.165, 1.54) is 18.3 Å². The fraction of sp³-hybridized carbons (Fsp3) is 0.423. The lowest BCUT2D eigenvalue weighted by molar-refractivity contribution is 0.171. The van der Waals surface area contributed by atoms with Gasteiger partial charge in [0.1, 0.15) is 17.7 Å². The monoisotopic (exact) mass is 497 g/mol. The lowest BCUT2D eigenvalue weighted by Crippen LogP contribution is -2.57. The fourth-order valence-corrected chi connectivity index (χ4v) is 5.59. The van der Waals surface area contributed by atoms with Gasteiger partial charge in [-0.2, -0.15) is 0 Å². The molecule has 1 saturated carbocycles. The molecule has 1 aliphatic carbocycles. The van der Waals surface area contributed by atoms with E-state index >= 15 is 8.78 Å². The maximum Gasteiger partial charge on any atom is 0.253 e. The molecular formula is C26H26F3N5O2. The topological polar surface area (TPSA) is 83.3 Å². The molecule has 10 heteroatoms. The summed E-state index contributed by atoms with van der Waals surface area (Å²) >= 11 is 0. The van der Waals surface area contributed by atoms with Gasteiger partial charge in [0, 0.05) is 41.5 Å². The van der Waals surface area contributed by atoms with Gasteiger partial charge in [0.05, 0.1) is 11.7 Å². The number of pyridine rings is 1. The Labute approximate surface area is 205 Å². The second-order valence-electron chi connectivity index (χ2n) is 9.90. The van der Waals surface area contributed by atoms with E-state index < -0.39 is 24.3 Å². The van der Waals surface area contributed by atoms with Crippen molar-refractivity contribution in [3.63, 3.8) is 0 Å². The number of aromatic hydroxyl groups is 1. The van der Waals surface area contributed by atoms with Gasteiger partial charge in [-0.1, -0.05) is 0 Å². The van der Waals surface area contributed by atoms with Crippen LogP contribution in [0.4, 0.5) is 19.0 Å². The molecule has 3 aliphatic rings. The number of nitrogens with one attached hydrogen (secondary N) is 1. The molecule has 1 aromatic carbocycles. The quantitative estimate of drug-likeness (QED) is 0.537. The van der Waals surface area contributed by atoms with Crippen LogP contribution in [0.15, 0.2) is 47.4 Å². The molecule has 4 atom stereocenters. The number of phenols is 1. The highest BCUT2D eigenvalue weighted by molar-refractivity contribution is 5.75. The number of fused-ring (bicyclic) bond motifs is 2. The van der Waals surface area contributed by atoms with Crippen LogP contribution in [-0.4, -0.2) is 50.2 Å². The lowest BCUT2D eigenvalue weighted by atomic mass is 9.95.